The van der Waals surface area contributed by atoms with Gasteiger partial charge in [0.2, 0.25) is 0 Å². The zero-order valence-corrected chi connectivity index (χ0v) is 12.7. The van der Waals surface area contributed by atoms with Crippen LogP contribution < -0.4 is 5.73 Å². The van der Waals surface area contributed by atoms with Gasteiger partial charge in [-0.3, -0.25) is 4.79 Å². The highest BCUT2D eigenvalue weighted by Gasteiger charge is 2.20. The zero-order valence-electron chi connectivity index (χ0n) is 12.7. The van der Waals surface area contributed by atoms with Crippen LogP contribution in [0.25, 0.3) is 0 Å². The molecule has 1 aromatic carbocycles. The first-order valence-electron chi connectivity index (χ1n) is 7.61. The van der Waals surface area contributed by atoms with Gasteiger partial charge in [-0.15, -0.1) is 0 Å². The summed E-state index contributed by atoms with van der Waals surface area (Å²) in [6.07, 6.45) is 0.987. The number of phenols is 1. The molecule has 5 nitrogen and oxygen atoms in total. The van der Waals surface area contributed by atoms with Crippen LogP contribution in [-0.2, 0) is 0 Å². The highest BCUT2D eigenvalue weighted by Crippen LogP contribution is 2.14. The van der Waals surface area contributed by atoms with E-state index in [1.807, 2.05) is 4.90 Å². The van der Waals surface area contributed by atoms with Crippen LogP contribution in [0, 0.1) is 5.92 Å². The monoisotopic (exact) mass is 291 g/mol. The molecule has 0 spiro atoms. The van der Waals surface area contributed by atoms with E-state index in [9.17, 15) is 9.90 Å². The molecule has 1 amide bonds. The van der Waals surface area contributed by atoms with Gasteiger partial charge in [0.05, 0.1) is 0 Å². The highest BCUT2D eigenvalue weighted by molar-refractivity contribution is 5.94. The average Bonchev–Trinajstić information content (AvgIpc) is 2.73. The fourth-order valence-electron chi connectivity index (χ4n) is 2.66. The first-order valence-corrected chi connectivity index (χ1v) is 7.61. The molecule has 21 heavy (non-hydrogen) atoms. The van der Waals surface area contributed by atoms with Crippen LogP contribution in [0.1, 0.15) is 23.7 Å². The fraction of sp³-hybridized carbons (Fsp3) is 0.562. The van der Waals surface area contributed by atoms with Gasteiger partial charge in [0, 0.05) is 31.7 Å². The lowest BCUT2D eigenvalue weighted by molar-refractivity contribution is 0.0761. The van der Waals surface area contributed by atoms with Gasteiger partial charge in [-0.1, -0.05) is 6.92 Å². The molecule has 0 saturated carbocycles. The van der Waals surface area contributed by atoms with E-state index in [4.69, 9.17) is 5.73 Å². The van der Waals surface area contributed by atoms with Gasteiger partial charge in [0.15, 0.2) is 0 Å². The fourth-order valence-corrected chi connectivity index (χ4v) is 2.66. The minimum atomic E-state index is 0.0451. The van der Waals surface area contributed by atoms with Crippen molar-refractivity contribution in [2.45, 2.75) is 13.3 Å². The van der Waals surface area contributed by atoms with Gasteiger partial charge in [0.25, 0.3) is 5.91 Å². The molecule has 1 fully saturated rings. The molecular formula is C16H25N3O2. The molecule has 1 heterocycles. The number of amides is 1. The summed E-state index contributed by atoms with van der Waals surface area (Å²) in [7, 11) is 0. The predicted octanol–water partition coefficient (Wildman–Crippen LogP) is 1.13. The van der Waals surface area contributed by atoms with Crippen molar-refractivity contribution in [3.63, 3.8) is 0 Å². The number of nitrogens with zero attached hydrogens (tertiary/aromatic N) is 2. The molecule has 1 aliphatic rings. The number of carbonyl (C=O) groups is 1. The maximum Gasteiger partial charge on any atom is 0.253 e. The summed E-state index contributed by atoms with van der Waals surface area (Å²) < 4.78 is 0. The van der Waals surface area contributed by atoms with E-state index >= 15 is 0 Å². The first-order chi connectivity index (χ1) is 10.1. The summed E-state index contributed by atoms with van der Waals surface area (Å²) in [5, 5.41) is 9.29. The molecule has 5 heteroatoms. The quantitative estimate of drug-likeness (QED) is 0.872. The number of rotatable bonds is 4. The second-order valence-corrected chi connectivity index (χ2v) is 5.83. The average molecular weight is 291 g/mol. The minimum Gasteiger partial charge on any atom is -0.508 e. The van der Waals surface area contributed by atoms with Crippen LogP contribution in [0.4, 0.5) is 0 Å². The third-order valence-corrected chi connectivity index (χ3v) is 3.96. The number of aromatic hydroxyl groups is 1. The predicted molar refractivity (Wildman–Crippen MR) is 83.3 cm³/mol. The molecule has 1 aliphatic heterocycles. The van der Waals surface area contributed by atoms with E-state index in [1.165, 1.54) is 0 Å². The number of hydrogen-bond acceptors (Lipinski definition) is 4. The lowest BCUT2D eigenvalue weighted by atomic mass is 10.1. The zero-order chi connectivity index (χ0) is 15.2. The Morgan fingerprint density at radius 3 is 2.62 bits per heavy atom. The van der Waals surface area contributed by atoms with Crippen LogP contribution in [0.3, 0.4) is 0 Å². The molecule has 0 aliphatic carbocycles. The largest absolute Gasteiger partial charge is 0.508 e. The minimum absolute atomic E-state index is 0.0451. The van der Waals surface area contributed by atoms with Crippen molar-refractivity contribution in [3.05, 3.63) is 29.8 Å². The number of hydrogen-bond donors (Lipinski definition) is 2. The van der Waals surface area contributed by atoms with E-state index in [1.54, 1.807) is 24.3 Å². The summed E-state index contributed by atoms with van der Waals surface area (Å²) in [6, 6.07) is 6.47. The molecule has 1 aromatic rings. The summed E-state index contributed by atoms with van der Waals surface area (Å²) >= 11 is 0. The van der Waals surface area contributed by atoms with Crippen LogP contribution in [0.2, 0.25) is 0 Å². The second-order valence-electron chi connectivity index (χ2n) is 5.83. The lowest BCUT2D eigenvalue weighted by Crippen LogP contribution is -2.37. The summed E-state index contributed by atoms with van der Waals surface area (Å²) in [4.78, 5) is 16.7. The van der Waals surface area contributed by atoms with Gasteiger partial charge >= 0.3 is 0 Å². The van der Waals surface area contributed by atoms with Crippen LogP contribution in [-0.4, -0.2) is 60.1 Å². The number of benzene rings is 1. The topological polar surface area (TPSA) is 69.8 Å². The number of nitrogens with two attached hydrogens (primary N) is 1. The maximum absolute atomic E-state index is 12.5. The lowest BCUT2D eigenvalue weighted by Gasteiger charge is -2.24. The Morgan fingerprint density at radius 1 is 1.24 bits per heavy atom. The maximum atomic E-state index is 12.5. The van der Waals surface area contributed by atoms with Crippen LogP contribution in [0.5, 0.6) is 5.75 Å². The Kier molecular flexibility index (Phi) is 5.59. The molecule has 3 N–H and O–H groups in total. The van der Waals surface area contributed by atoms with E-state index in [2.05, 4.69) is 11.8 Å². The van der Waals surface area contributed by atoms with Crippen molar-refractivity contribution in [3.8, 4) is 5.75 Å². The SMILES string of the molecule is CC(CN)CN1CCCN(C(=O)c2ccc(O)cc2)CC1. The number of carbonyl (C=O) groups excluding carboxylic acids is 1. The third-order valence-electron chi connectivity index (χ3n) is 3.96. The van der Waals surface area contributed by atoms with E-state index < -0.39 is 0 Å². The molecule has 1 saturated heterocycles. The summed E-state index contributed by atoms with van der Waals surface area (Å²) in [5.74, 6) is 0.720. The van der Waals surface area contributed by atoms with Crippen LogP contribution >= 0.6 is 0 Å². The summed E-state index contributed by atoms with van der Waals surface area (Å²) in [5.41, 5.74) is 6.32. The van der Waals surface area contributed by atoms with Crippen molar-refractivity contribution in [2.24, 2.45) is 11.7 Å². The van der Waals surface area contributed by atoms with Gasteiger partial charge in [-0.25, -0.2) is 0 Å². The molecular weight excluding hydrogens is 266 g/mol. The second kappa shape index (κ2) is 7.43. The van der Waals surface area contributed by atoms with Crippen molar-refractivity contribution < 1.29 is 9.90 Å². The van der Waals surface area contributed by atoms with Crippen molar-refractivity contribution in [1.82, 2.24) is 9.80 Å². The Labute approximate surface area is 126 Å². The summed E-state index contributed by atoms with van der Waals surface area (Å²) in [6.45, 7) is 7.30. The Bertz CT molecular complexity index is 461. The standard InChI is InChI=1S/C16H25N3O2/c1-13(11-17)12-18-7-2-8-19(10-9-18)16(21)14-3-5-15(20)6-4-14/h3-6,13,20H,2,7-12,17H2,1H3. The van der Waals surface area contributed by atoms with Gasteiger partial charge in [0.1, 0.15) is 5.75 Å². The Hall–Kier alpha value is -1.59. The highest BCUT2D eigenvalue weighted by atomic mass is 16.3. The molecule has 1 unspecified atom stereocenters. The van der Waals surface area contributed by atoms with Crippen molar-refractivity contribution >= 4 is 5.91 Å². The van der Waals surface area contributed by atoms with Gasteiger partial charge < -0.3 is 20.6 Å². The van der Waals surface area contributed by atoms with E-state index in [-0.39, 0.29) is 11.7 Å². The Morgan fingerprint density at radius 2 is 1.95 bits per heavy atom. The van der Waals surface area contributed by atoms with Gasteiger partial charge in [-0.2, -0.15) is 0 Å². The van der Waals surface area contributed by atoms with E-state index in [0.29, 0.717) is 18.0 Å². The molecule has 0 aromatic heterocycles. The third kappa shape index (κ3) is 4.44. The van der Waals surface area contributed by atoms with Crippen molar-refractivity contribution in [1.29, 1.82) is 0 Å². The molecule has 0 radical (unpaired) electrons. The number of phenolic OH excluding ortho intramolecular Hbond substituents is 1. The van der Waals surface area contributed by atoms with Crippen LogP contribution in [0.15, 0.2) is 24.3 Å². The van der Waals surface area contributed by atoms with Gasteiger partial charge in [-0.05, 0) is 49.7 Å². The smallest absolute Gasteiger partial charge is 0.253 e. The Balaban J connectivity index is 1.93. The molecule has 0 bridgehead atoms. The molecule has 116 valence electrons. The van der Waals surface area contributed by atoms with Crippen molar-refractivity contribution in [2.75, 3.05) is 39.3 Å². The van der Waals surface area contributed by atoms with E-state index in [0.717, 1.165) is 39.1 Å². The molecule has 2 rings (SSSR count). The first kappa shape index (κ1) is 15.8. The molecule has 1 atom stereocenters. The normalized spacial score (nSPS) is 18.3.